The number of para-hydroxylation sites is 1. The summed E-state index contributed by atoms with van der Waals surface area (Å²) in [6.45, 7) is 2.00. The zero-order valence-electron chi connectivity index (χ0n) is 11.9. The molecule has 1 aromatic carbocycles. The molecule has 1 aliphatic rings. The van der Waals surface area contributed by atoms with E-state index in [1.54, 1.807) is 24.3 Å². The van der Waals surface area contributed by atoms with Gasteiger partial charge < -0.3 is 10.2 Å². The minimum atomic E-state index is -0.380. The van der Waals surface area contributed by atoms with Crippen molar-refractivity contribution in [2.75, 3.05) is 28.6 Å². The molecule has 8 heteroatoms. The van der Waals surface area contributed by atoms with E-state index in [1.807, 2.05) is 0 Å². The lowest BCUT2D eigenvalue weighted by molar-refractivity contribution is 0.262. The number of aromatic nitrogens is 2. The molecule has 1 aliphatic heterocycles. The van der Waals surface area contributed by atoms with Crippen LogP contribution in [0, 0.1) is 0 Å². The van der Waals surface area contributed by atoms with Gasteiger partial charge in [0.15, 0.2) is 0 Å². The second-order valence-electron chi connectivity index (χ2n) is 5.00. The number of hydrogen-bond donors (Lipinski definition) is 2. The third-order valence-electron chi connectivity index (χ3n) is 3.38. The van der Waals surface area contributed by atoms with Crippen LogP contribution in [0.1, 0.15) is 19.3 Å². The van der Waals surface area contributed by atoms with Crippen molar-refractivity contribution < 1.29 is 4.79 Å². The molecule has 0 atom stereocenters. The van der Waals surface area contributed by atoms with Gasteiger partial charge in [-0.25, -0.2) is 4.79 Å². The van der Waals surface area contributed by atoms with Crippen molar-refractivity contribution in [1.29, 1.82) is 0 Å². The Labute approximate surface area is 137 Å². The van der Waals surface area contributed by atoms with E-state index in [-0.39, 0.29) is 6.03 Å². The molecule has 0 unspecified atom stereocenters. The molecule has 0 bridgehead atoms. The predicted molar refractivity (Wildman–Crippen MR) is 90.1 cm³/mol. The van der Waals surface area contributed by atoms with Crippen LogP contribution in [0.25, 0.3) is 0 Å². The van der Waals surface area contributed by atoms with Crippen molar-refractivity contribution in [3.63, 3.8) is 0 Å². The zero-order chi connectivity index (χ0) is 15.4. The van der Waals surface area contributed by atoms with Crippen molar-refractivity contribution in [2.45, 2.75) is 19.3 Å². The molecule has 0 spiro atoms. The molecule has 22 heavy (non-hydrogen) atoms. The normalized spacial score (nSPS) is 14.7. The Kier molecular flexibility index (Phi) is 4.74. The van der Waals surface area contributed by atoms with Crippen molar-refractivity contribution >= 4 is 44.9 Å². The summed E-state index contributed by atoms with van der Waals surface area (Å²) in [7, 11) is 0. The summed E-state index contributed by atoms with van der Waals surface area (Å²) in [6, 6.07) is 6.69. The summed E-state index contributed by atoms with van der Waals surface area (Å²) >= 11 is 7.38. The van der Waals surface area contributed by atoms with Crippen LogP contribution in [-0.4, -0.2) is 29.3 Å². The lowest BCUT2D eigenvalue weighted by Crippen LogP contribution is -2.29. The van der Waals surface area contributed by atoms with Crippen LogP contribution in [-0.2, 0) is 0 Å². The van der Waals surface area contributed by atoms with Crippen LogP contribution in [0.4, 0.5) is 20.7 Å². The molecule has 1 aromatic heterocycles. The number of carbonyl (C=O) groups is 1. The minimum absolute atomic E-state index is 0.380. The number of piperidine rings is 1. The van der Waals surface area contributed by atoms with E-state index in [0.29, 0.717) is 15.8 Å². The summed E-state index contributed by atoms with van der Waals surface area (Å²) in [5, 5.41) is 15.4. The number of nitrogens with one attached hydrogen (secondary N) is 2. The summed E-state index contributed by atoms with van der Waals surface area (Å²) in [4.78, 5) is 14.2. The number of amides is 2. The van der Waals surface area contributed by atoms with Crippen molar-refractivity contribution in [2.24, 2.45) is 0 Å². The van der Waals surface area contributed by atoms with Gasteiger partial charge in [-0.2, -0.15) is 0 Å². The van der Waals surface area contributed by atoms with E-state index in [0.717, 1.165) is 18.2 Å². The number of halogens is 1. The van der Waals surface area contributed by atoms with Gasteiger partial charge in [-0.05, 0) is 31.4 Å². The van der Waals surface area contributed by atoms with Crippen LogP contribution in [0.2, 0.25) is 5.02 Å². The fourth-order valence-corrected chi connectivity index (χ4v) is 3.27. The Morgan fingerprint density at radius 2 is 1.91 bits per heavy atom. The standard InChI is InChI=1S/C14H16ClN5OS/c15-10-6-2-3-7-11(10)16-12(21)17-13-18-19-14(22-13)20-8-4-1-5-9-20/h2-3,6-7H,1,4-5,8-9H2,(H2,16,17,18,21). The number of anilines is 3. The average molecular weight is 338 g/mol. The van der Waals surface area contributed by atoms with Gasteiger partial charge >= 0.3 is 6.03 Å². The summed E-state index contributed by atoms with van der Waals surface area (Å²) < 4.78 is 0. The molecule has 1 fully saturated rings. The zero-order valence-corrected chi connectivity index (χ0v) is 13.5. The highest BCUT2D eigenvalue weighted by atomic mass is 35.5. The minimum Gasteiger partial charge on any atom is -0.347 e. The molecular weight excluding hydrogens is 322 g/mol. The van der Waals surface area contributed by atoms with Crippen molar-refractivity contribution in [1.82, 2.24) is 10.2 Å². The molecule has 1 saturated heterocycles. The lowest BCUT2D eigenvalue weighted by atomic mass is 10.1. The van der Waals surface area contributed by atoms with Crippen LogP contribution < -0.4 is 15.5 Å². The average Bonchev–Trinajstić information content (AvgIpc) is 2.99. The maximum Gasteiger partial charge on any atom is 0.325 e. The monoisotopic (exact) mass is 337 g/mol. The second-order valence-corrected chi connectivity index (χ2v) is 6.36. The number of carbonyl (C=O) groups excluding carboxylic acids is 1. The third-order valence-corrected chi connectivity index (χ3v) is 4.61. The Morgan fingerprint density at radius 1 is 1.14 bits per heavy atom. The van der Waals surface area contributed by atoms with E-state index in [4.69, 9.17) is 11.6 Å². The highest BCUT2D eigenvalue weighted by Crippen LogP contribution is 2.27. The third kappa shape index (κ3) is 3.66. The SMILES string of the molecule is O=C(Nc1nnc(N2CCCCC2)s1)Nc1ccccc1Cl. The first-order valence-corrected chi connectivity index (χ1v) is 8.33. The first-order valence-electron chi connectivity index (χ1n) is 7.13. The van der Waals surface area contributed by atoms with Gasteiger partial charge in [0.1, 0.15) is 0 Å². The van der Waals surface area contributed by atoms with E-state index in [9.17, 15) is 4.79 Å². The highest BCUT2D eigenvalue weighted by Gasteiger charge is 2.16. The van der Waals surface area contributed by atoms with Crippen LogP contribution >= 0.6 is 22.9 Å². The molecule has 3 rings (SSSR count). The Bertz CT molecular complexity index is 656. The molecule has 116 valence electrons. The maximum atomic E-state index is 12.0. The molecular formula is C14H16ClN5OS. The van der Waals surface area contributed by atoms with Gasteiger partial charge in [-0.1, -0.05) is 35.1 Å². The van der Waals surface area contributed by atoms with Gasteiger partial charge in [0.2, 0.25) is 10.3 Å². The van der Waals surface area contributed by atoms with E-state index < -0.39 is 0 Å². The van der Waals surface area contributed by atoms with E-state index in [1.165, 1.54) is 30.6 Å². The van der Waals surface area contributed by atoms with Crippen LogP contribution in [0.3, 0.4) is 0 Å². The molecule has 2 N–H and O–H groups in total. The smallest absolute Gasteiger partial charge is 0.325 e. The highest BCUT2D eigenvalue weighted by molar-refractivity contribution is 7.19. The summed E-state index contributed by atoms with van der Waals surface area (Å²) in [5.41, 5.74) is 0.558. The van der Waals surface area contributed by atoms with E-state index in [2.05, 4.69) is 25.7 Å². The predicted octanol–water partition coefficient (Wildman–Crippen LogP) is 3.83. The number of rotatable bonds is 3. The fraction of sp³-hybridized carbons (Fsp3) is 0.357. The van der Waals surface area contributed by atoms with Crippen molar-refractivity contribution in [3.05, 3.63) is 29.3 Å². The first kappa shape index (κ1) is 15.1. The molecule has 0 saturated carbocycles. The largest absolute Gasteiger partial charge is 0.347 e. The van der Waals surface area contributed by atoms with Crippen molar-refractivity contribution in [3.8, 4) is 0 Å². The lowest BCUT2D eigenvalue weighted by Gasteiger charge is -2.25. The Morgan fingerprint density at radius 3 is 2.68 bits per heavy atom. The number of hydrogen-bond acceptors (Lipinski definition) is 5. The van der Waals surface area contributed by atoms with Gasteiger partial charge in [0, 0.05) is 13.1 Å². The molecule has 0 radical (unpaired) electrons. The summed E-state index contributed by atoms with van der Waals surface area (Å²) in [6.07, 6.45) is 3.62. The van der Waals surface area contributed by atoms with Crippen LogP contribution in [0.15, 0.2) is 24.3 Å². The quantitative estimate of drug-likeness (QED) is 0.893. The number of nitrogens with zero attached hydrogens (tertiary/aromatic N) is 3. The van der Waals surface area contributed by atoms with Gasteiger partial charge in [0.25, 0.3) is 0 Å². The topological polar surface area (TPSA) is 70.2 Å². The first-order chi connectivity index (χ1) is 10.7. The van der Waals surface area contributed by atoms with Gasteiger partial charge in [-0.15, -0.1) is 10.2 Å². The van der Waals surface area contributed by atoms with E-state index >= 15 is 0 Å². The molecule has 2 amide bonds. The molecule has 0 aliphatic carbocycles. The Hall–Kier alpha value is -1.86. The number of urea groups is 1. The fourth-order valence-electron chi connectivity index (χ4n) is 2.29. The molecule has 2 aromatic rings. The van der Waals surface area contributed by atoms with Gasteiger partial charge in [0.05, 0.1) is 10.7 Å². The Balaban J connectivity index is 1.60. The number of benzene rings is 1. The second kappa shape index (κ2) is 6.93. The maximum absolute atomic E-state index is 12.0. The molecule has 2 heterocycles. The summed E-state index contributed by atoms with van der Waals surface area (Å²) in [5.74, 6) is 0. The molecule has 6 nitrogen and oxygen atoms in total. The van der Waals surface area contributed by atoms with Gasteiger partial charge in [-0.3, -0.25) is 5.32 Å². The van der Waals surface area contributed by atoms with Crippen LogP contribution in [0.5, 0.6) is 0 Å².